The number of fused-ring (bicyclic) bond motifs is 3. The molecule has 8 nitrogen and oxygen atoms in total. The molecule has 0 bridgehead atoms. The van der Waals surface area contributed by atoms with Crippen LogP contribution in [0.4, 0.5) is 17.3 Å². The van der Waals surface area contributed by atoms with Gasteiger partial charge in [-0.15, -0.1) is 0 Å². The van der Waals surface area contributed by atoms with E-state index in [1.807, 2.05) is 41.3 Å². The number of benzene rings is 2. The molecule has 0 radical (unpaired) electrons. The lowest BCUT2D eigenvalue weighted by Gasteiger charge is -2.21. The van der Waals surface area contributed by atoms with Gasteiger partial charge in [0.2, 0.25) is 5.95 Å². The SMILES string of the molecule is O=C(c1ccc(Nc2ncc3c(n2)-c2ccccc2NC(O)C3)cc1)N1CCC[C@H]1C[OH2+]. The molecule has 3 heterocycles. The van der Waals surface area contributed by atoms with E-state index in [4.69, 9.17) is 10.1 Å². The molecule has 3 aromatic rings. The Labute approximate surface area is 186 Å². The number of nitrogens with one attached hydrogen (secondary N) is 2. The van der Waals surface area contributed by atoms with Crippen molar-refractivity contribution in [3.05, 3.63) is 65.9 Å². The van der Waals surface area contributed by atoms with Gasteiger partial charge >= 0.3 is 0 Å². The third-order valence-corrected chi connectivity index (χ3v) is 6.04. The molecule has 1 saturated heterocycles. The normalized spacial score (nSPS) is 19.5. The van der Waals surface area contributed by atoms with Crippen LogP contribution in [-0.4, -0.2) is 56.4 Å². The van der Waals surface area contributed by atoms with E-state index >= 15 is 0 Å². The minimum atomic E-state index is -0.699. The molecule has 1 fully saturated rings. The van der Waals surface area contributed by atoms with Gasteiger partial charge in [-0.05, 0) is 43.2 Å². The Hall–Kier alpha value is -3.49. The lowest BCUT2D eigenvalue weighted by molar-refractivity contribution is 0.0677. The molecule has 2 atom stereocenters. The minimum Gasteiger partial charge on any atom is -0.444 e. The number of amides is 1. The van der Waals surface area contributed by atoms with Crippen molar-refractivity contribution in [3.8, 4) is 11.3 Å². The number of aliphatic hydroxyl groups excluding tert-OH is 1. The monoisotopic (exact) mass is 432 g/mol. The highest BCUT2D eigenvalue weighted by Crippen LogP contribution is 2.33. The zero-order valence-electron chi connectivity index (χ0n) is 17.6. The summed E-state index contributed by atoms with van der Waals surface area (Å²) in [5.41, 5.74) is 4.80. The highest BCUT2D eigenvalue weighted by Gasteiger charge is 2.30. The lowest BCUT2D eigenvalue weighted by Crippen LogP contribution is -2.37. The first kappa shape index (κ1) is 20.4. The van der Waals surface area contributed by atoms with Crippen LogP contribution in [0.2, 0.25) is 0 Å². The molecule has 164 valence electrons. The van der Waals surface area contributed by atoms with E-state index in [2.05, 4.69) is 15.6 Å². The average Bonchev–Trinajstić information content (AvgIpc) is 3.24. The van der Waals surface area contributed by atoms with Crippen LogP contribution in [-0.2, 0) is 6.42 Å². The second kappa shape index (κ2) is 8.57. The summed E-state index contributed by atoms with van der Waals surface area (Å²) >= 11 is 0. The Kier molecular flexibility index (Phi) is 5.46. The molecule has 2 aromatic carbocycles. The quantitative estimate of drug-likeness (QED) is 0.546. The zero-order chi connectivity index (χ0) is 22.1. The minimum absolute atomic E-state index is 0.0177. The maximum atomic E-state index is 12.8. The second-order valence-corrected chi connectivity index (χ2v) is 8.18. The van der Waals surface area contributed by atoms with E-state index in [-0.39, 0.29) is 18.6 Å². The van der Waals surface area contributed by atoms with E-state index < -0.39 is 6.23 Å². The third-order valence-electron chi connectivity index (χ3n) is 6.04. The van der Waals surface area contributed by atoms with Gasteiger partial charge in [0, 0.05) is 47.2 Å². The van der Waals surface area contributed by atoms with E-state index in [1.54, 1.807) is 18.3 Å². The van der Waals surface area contributed by atoms with Gasteiger partial charge in [0.05, 0.1) is 5.69 Å². The van der Waals surface area contributed by atoms with Crippen LogP contribution in [0.15, 0.2) is 54.7 Å². The first-order chi connectivity index (χ1) is 15.6. The van der Waals surface area contributed by atoms with Crippen LogP contribution in [0, 0.1) is 0 Å². The topological polar surface area (TPSA) is 113 Å². The van der Waals surface area contributed by atoms with Crippen molar-refractivity contribution in [1.82, 2.24) is 14.9 Å². The molecule has 0 aliphatic carbocycles. The maximum Gasteiger partial charge on any atom is 0.254 e. The number of para-hydroxylation sites is 1. The Morgan fingerprint density at radius 1 is 1.22 bits per heavy atom. The molecule has 1 aromatic heterocycles. The lowest BCUT2D eigenvalue weighted by atomic mass is 10.1. The Morgan fingerprint density at radius 3 is 2.84 bits per heavy atom. The first-order valence-corrected chi connectivity index (χ1v) is 10.8. The fourth-order valence-electron chi connectivity index (χ4n) is 4.41. The summed E-state index contributed by atoms with van der Waals surface area (Å²) in [5, 5.41) is 24.2. The molecule has 2 aliphatic rings. The van der Waals surface area contributed by atoms with Crippen LogP contribution in [0.5, 0.6) is 0 Å². The van der Waals surface area contributed by atoms with Crippen molar-refractivity contribution in [2.45, 2.75) is 31.5 Å². The van der Waals surface area contributed by atoms with Crippen molar-refractivity contribution in [2.75, 3.05) is 23.8 Å². The molecular weight excluding hydrogens is 406 g/mol. The predicted octanol–water partition coefficient (Wildman–Crippen LogP) is 2.50. The smallest absolute Gasteiger partial charge is 0.254 e. The van der Waals surface area contributed by atoms with Crippen molar-refractivity contribution in [2.24, 2.45) is 0 Å². The number of carbonyl (C=O) groups is 1. The number of nitrogens with zero attached hydrogens (tertiary/aromatic N) is 3. The van der Waals surface area contributed by atoms with Crippen molar-refractivity contribution >= 4 is 23.2 Å². The van der Waals surface area contributed by atoms with Gasteiger partial charge in [0.15, 0.2) is 6.61 Å². The summed E-state index contributed by atoms with van der Waals surface area (Å²) in [6.45, 7) is 0.965. The van der Waals surface area contributed by atoms with Gasteiger partial charge < -0.3 is 25.7 Å². The van der Waals surface area contributed by atoms with Crippen LogP contribution >= 0.6 is 0 Å². The summed E-state index contributed by atoms with van der Waals surface area (Å²) in [6.07, 6.45) is 3.32. The summed E-state index contributed by atoms with van der Waals surface area (Å²) in [7, 11) is 0. The number of aliphatic hydroxyl groups is 1. The Balaban J connectivity index is 1.37. The molecule has 1 amide bonds. The number of likely N-dealkylation sites (tertiary alicyclic amines) is 1. The molecule has 32 heavy (non-hydrogen) atoms. The van der Waals surface area contributed by atoms with Gasteiger partial charge in [-0.2, -0.15) is 0 Å². The predicted molar refractivity (Wildman–Crippen MR) is 123 cm³/mol. The van der Waals surface area contributed by atoms with Crippen LogP contribution in [0.1, 0.15) is 28.8 Å². The van der Waals surface area contributed by atoms with E-state index in [0.717, 1.165) is 47.6 Å². The van der Waals surface area contributed by atoms with Crippen molar-refractivity contribution < 1.29 is 15.0 Å². The number of hydrogen-bond acceptors (Lipinski definition) is 6. The van der Waals surface area contributed by atoms with Gasteiger partial charge in [0.25, 0.3) is 5.91 Å². The van der Waals surface area contributed by atoms with Gasteiger partial charge in [-0.1, -0.05) is 18.2 Å². The van der Waals surface area contributed by atoms with Crippen LogP contribution in [0.3, 0.4) is 0 Å². The van der Waals surface area contributed by atoms with Crippen LogP contribution < -0.4 is 10.6 Å². The first-order valence-electron chi connectivity index (χ1n) is 10.8. The highest BCUT2D eigenvalue weighted by atomic mass is 16.3. The van der Waals surface area contributed by atoms with Crippen molar-refractivity contribution in [3.63, 3.8) is 0 Å². The average molecular weight is 433 g/mol. The summed E-state index contributed by atoms with van der Waals surface area (Å²) in [5.74, 6) is 0.429. The van der Waals surface area contributed by atoms with Gasteiger partial charge in [0.1, 0.15) is 12.3 Å². The number of rotatable bonds is 4. The molecule has 1 unspecified atom stereocenters. The largest absolute Gasteiger partial charge is 0.444 e. The second-order valence-electron chi connectivity index (χ2n) is 8.18. The summed E-state index contributed by atoms with van der Waals surface area (Å²) < 4.78 is 0. The fraction of sp³-hybridized carbons (Fsp3) is 0.292. The Morgan fingerprint density at radius 2 is 2.03 bits per heavy atom. The van der Waals surface area contributed by atoms with Gasteiger partial charge in [-0.3, -0.25) is 4.79 Å². The third kappa shape index (κ3) is 3.90. The van der Waals surface area contributed by atoms with Crippen molar-refractivity contribution in [1.29, 1.82) is 0 Å². The van der Waals surface area contributed by atoms with E-state index in [0.29, 0.717) is 17.9 Å². The molecule has 5 rings (SSSR count). The summed E-state index contributed by atoms with van der Waals surface area (Å²) in [6, 6.07) is 15.0. The highest BCUT2D eigenvalue weighted by molar-refractivity contribution is 5.95. The summed E-state index contributed by atoms with van der Waals surface area (Å²) in [4.78, 5) is 23.7. The molecular formula is C24H26N5O3+. The van der Waals surface area contributed by atoms with Gasteiger partial charge in [-0.25, -0.2) is 9.97 Å². The molecule has 2 aliphatic heterocycles. The fourth-order valence-corrected chi connectivity index (χ4v) is 4.41. The number of hydrogen-bond donors (Lipinski definition) is 3. The standard InChI is InChI=1S/C24H25N5O3/c30-14-18-4-3-11-29(18)23(32)15-7-9-17(10-8-15)26-24-25-13-16-12-21(31)27-20-6-2-1-5-19(20)22(16)28-24/h1-2,5-10,13,18,21,27,30-31H,3-4,11-12,14H2,(H,25,26,28)/p+1/t18-,21?/m0/s1. The zero-order valence-corrected chi connectivity index (χ0v) is 17.6. The number of aromatic nitrogens is 2. The van der Waals surface area contributed by atoms with E-state index in [1.165, 1.54) is 0 Å². The molecule has 8 heteroatoms. The number of carbonyl (C=O) groups excluding carboxylic acids is 1. The molecule has 0 saturated carbocycles. The number of anilines is 3. The maximum absolute atomic E-state index is 12.8. The van der Waals surface area contributed by atoms with E-state index in [9.17, 15) is 9.90 Å². The molecule has 0 spiro atoms. The van der Waals surface area contributed by atoms with Crippen LogP contribution in [0.25, 0.3) is 11.3 Å². The Bertz CT molecular complexity index is 1130. The molecule has 5 N–H and O–H groups in total.